The van der Waals surface area contributed by atoms with Gasteiger partial charge >= 0.3 is 0 Å². The van der Waals surface area contributed by atoms with E-state index in [1.165, 1.54) is 7.11 Å². The lowest BCUT2D eigenvalue weighted by Gasteiger charge is -2.33. The highest BCUT2D eigenvalue weighted by molar-refractivity contribution is 5.79. The molecule has 3 rings (SSSR count). The maximum atomic E-state index is 13.9. The number of guanidine groups is 1. The van der Waals surface area contributed by atoms with Crippen LogP contribution in [0.3, 0.4) is 0 Å². The summed E-state index contributed by atoms with van der Waals surface area (Å²) in [5.74, 6) is 2.23. The predicted octanol–water partition coefficient (Wildman–Crippen LogP) is 3.45. The van der Waals surface area contributed by atoms with Crippen LogP contribution < -0.4 is 15.4 Å². The van der Waals surface area contributed by atoms with Gasteiger partial charge in [0.25, 0.3) is 0 Å². The molecule has 7 nitrogen and oxygen atoms in total. The number of rotatable bonds is 6. The Morgan fingerprint density at radius 1 is 1.32 bits per heavy atom. The number of piperidine rings is 1. The highest BCUT2D eigenvalue weighted by Crippen LogP contribution is 2.23. The van der Waals surface area contributed by atoms with Crippen molar-refractivity contribution in [1.82, 2.24) is 20.5 Å². The van der Waals surface area contributed by atoms with Crippen molar-refractivity contribution < 1.29 is 13.5 Å². The molecule has 1 aliphatic heterocycles. The fourth-order valence-corrected chi connectivity index (χ4v) is 3.59. The summed E-state index contributed by atoms with van der Waals surface area (Å²) in [5.41, 5.74) is 0.902. The van der Waals surface area contributed by atoms with Crippen LogP contribution in [-0.4, -0.2) is 49.1 Å². The first-order valence-electron chi connectivity index (χ1n) is 10.8. The van der Waals surface area contributed by atoms with Gasteiger partial charge in [-0.05, 0) is 30.5 Å². The zero-order chi connectivity index (χ0) is 22.4. The van der Waals surface area contributed by atoms with E-state index in [-0.39, 0.29) is 17.0 Å². The molecule has 31 heavy (non-hydrogen) atoms. The summed E-state index contributed by atoms with van der Waals surface area (Å²) < 4.78 is 24.7. The number of benzene rings is 1. The third-order valence-electron chi connectivity index (χ3n) is 5.47. The summed E-state index contributed by atoms with van der Waals surface area (Å²) in [6.45, 7) is 9.40. The standard InChI is InChI=1S/C23H34FN5O2/c1-23(2,3)20-13-26-21(31-20)14-27-22(25-4)28-17-8-10-29(11-9-17)15-16-6-7-19(30-5)18(24)12-16/h6-7,12-13,17H,8-11,14-15H2,1-5H3,(H2,25,27,28). The molecule has 1 fully saturated rings. The van der Waals surface area contributed by atoms with Gasteiger partial charge in [0.2, 0.25) is 5.89 Å². The van der Waals surface area contributed by atoms with Gasteiger partial charge in [-0.3, -0.25) is 9.89 Å². The number of ether oxygens (including phenoxy) is 1. The summed E-state index contributed by atoms with van der Waals surface area (Å²) in [5, 5.41) is 6.77. The first kappa shape index (κ1) is 23.1. The summed E-state index contributed by atoms with van der Waals surface area (Å²) >= 11 is 0. The molecule has 2 N–H and O–H groups in total. The Bertz CT molecular complexity index is 882. The fraction of sp³-hybridized carbons (Fsp3) is 0.565. The van der Waals surface area contributed by atoms with Gasteiger partial charge in [0.05, 0.1) is 19.9 Å². The predicted molar refractivity (Wildman–Crippen MR) is 120 cm³/mol. The minimum absolute atomic E-state index is 0.0588. The van der Waals surface area contributed by atoms with E-state index in [0.717, 1.165) is 49.8 Å². The average Bonchev–Trinajstić information content (AvgIpc) is 3.22. The van der Waals surface area contributed by atoms with Gasteiger partial charge in [-0.15, -0.1) is 0 Å². The highest BCUT2D eigenvalue weighted by Gasteiger charge is 2.21. The van der Waals surface area contributed by atoms with Gasteiger partial charge in [0.1, 0.15) is 5.76 Å². The van der Waals surface area contributed by atoms with Crippen molar-refractivity contribution in [1.29, 1.82) is 0 Å². The summed E-state index contributed by atoms with van der Waals surface area (Å²) in [7, 11) is 3.24. The Morgan fingerprint density at radius 2 is 2.06 bits per heavy atom. The van der Waals surface area contributed by atoms with Crippen molar-refractivity contribution in [3.05, 3.63) is 47.4 Å². The minimum Gasteiger partial charge on any atom is -0.494 e. The van der Waals surface area contributed by atoms with Crippen molar-refractivity contribution in [2.45, 2.75) is 58.2 Å². The highest BCUT2D eigenvalue weighted by atomic mass is 19.1. The number of methoxy groups -OCH3 is 1. The maximum absolute atomic E-state index is 13.9. The fourth-order valence-electron chi connectivity index (χ4n) is 3.59. The van der Waals surface area contributed by atoms with Crippen LogP contribution in [-0.2, 0) is 18.5 Å². The number of nitrogens with zero attached hydrogens (tertiary/aromatic N) is 3. The van der Waals surface area contributed by atoms with Gasteiger partial charge in [0, 0.05) is 38.1 Å². The van der Waals surface area contributed by atoms with E-state index >= 15 is 0 Å². The molecular weight excluding hydrogens is 397 g/mol. The second-order valence-corrected chi connectivity index (χ2v) is 8.96. The molecule has 0 amide bonds. The molecule has 1 saturated heterocycles. The zero-order valence-corrected chi connectivity index (χ0v) is 19.2. The van der Waals surface area contributed by atoms with Crippen LogP contribution in [0.1, 0.15) is 50.8 Å². The van der Waals surface area contributed by atoms with Crippen molar-refractivity contribution in [2.24, 2.45) is 4.99 Å². The summed E-state index contributed by atoms with van der Waals surface area (Å²) in [6.07, 6.45) is 3.77. The molecule has 1 aromatic heterocycles. The average molecular weight is 432 g/mol. The van der Waals surface area contributed by atoms with Gasteiger partial charge in [0.15, 0.2) is 17.5 Å². The molecule has 0 aliphatic carbocycles. The minimum atomic E-state index is -0.313. The van der Waals surface area contributed by atoms with E-state index in [0.29, 0.717) is 18.5 Å². The summed E-state index contributed by atoms with van der Waals surface area (Å²) in [6, 6.07) is 5.51. The molecule has 8 heteroatoms. The molecule has 0 spiro atoms. The zero-order valence-electron chi connectivity index (χ0n) is 19.2. The number of nitrogens with one attached hydrogen (secondary N) is 2. The first-order valence-corrected chi connectivity index (χ1v) is 10.8. The van der Waals surface area contributed by atoms with E-state index in [4.69, 9.17) is 9.15 Å². The Morgan fingerprint density at radius 3 is 2.65 bits per heavy atom. The molecule has 170 valence electrons. The third-order valence-corrected chi connectivity index (χ3v) is 5.47. The Kier molecular flexibility index (Phi) is 7.54. The molecule has 2 heterocycles. The lowest BCUT2D eigenvalue weighted by atomic mass is 9.94. The van der Waals surface area contributed by atoms with Crippen LogP contribution in [0.5, 0.6) is 5.75 Å². The van der Waals surface area contributed by atoms with Crippen LogP contribution in [0.25, 0.3) is 0 Å². The van der Waals surface area contributed by atoms with E-state index in [1.807, 2.05) is 6.07 Å². The third kappa shape index (κ3) is 6.43. The van der Waals surface area contributed by atoms with Gasteiger partial charge in [-0.2, -0.15) is 0 Å². The van der Waals surface area contributed by atoms with E-state index in [1.54, 1.807) is 25.4 Å². The van der Waals surface area contributed by atoms with Gasteiger partial charge < -0.3 is 19.8 Å². The molecule has 0 atom stereocenters. The summed E-state index contributed by atoms with van der Waals surface area (Å²) in [4.78, 5) is 11.0. The molecule has 0 saturated carbocycles. The number of hydrogen-bond acceptors (Lipinski definition) is 5. The lowest BCUT2D eigenvalue weighted by Crippen LogP contribution is -2.48. The van der Waals surface area contributed by atoms with Crippen LogP contribution in [0.4, 0.5) is 4.39 Å². The van der Waals surface area contributed by atoms with Crippen molar-refractivity contribution >= 4 is 5.96 Å². The van der Waals surface area contributed by atoms with Crippen molar-refractivity contribution in [3.63, 3.8) is 0 Å². The molecule has 1 aromatic carbocycles. The van der Waals surface area contributed by atoms with Crippen LogP contribution >= 0.6 is 0 Å². The second-order valence-electron chi connectivity index (χ2n) is 8.96. The Labute approximate surface area is 184 Å². The van der Waals surface area contributed by atoms with Crippen molar-refractivity contribution in [3.8, 4) is 5.75 Å². The maximum Gasteiger partial charge on any atom is 0.213 e. The smallest absolute Gasteiger partial charge is 0.213 e. The lowest BCUT2D eigenvalue weighted by molar-refractivity contribution is 0.198. The van der Waals surface area contributed by atoms with Crippen molar-refractivity contribution in [2.75, 3.05) is 27.2 Å². The molecule has 0 radical (unpaired) electrons. The molecule has 0 bridgehead atoms. The SMILES string of the molecule is CN=C(NCc1ncc(C(C)(C)C)o1)NC1CCN(Cc2ccc(OC)c(F)c2)CC1. The van der Waals surface area contributed by atoms with E-state index in [9.17, 15) is 4.39 Å². The number of hydrogen-bond donors (Lipinski definition) is 2. The number of oxazole rings is 1. The molecule has 2 aromatic rings. The van der Waals surface area contributed by atoms with E-state index < -0.39 is 0 Å². The van der Waals surface area contributed by atoms with Crippen LogP contribution in [0, 0.1) is 5.82 Å². The molecule has 1 aliphatic rings. The Balaban J connectivity index is 1.44. The number of aliphatic imine (C=N–C) groups is 1. The largest absolute Gasteiger partial charge is 0.494 e. The van der Waals surface area contributed by atoms with Gasteiger partial charge in [-0.1, -0.05) is 26.8 Å². The number of halogens is 1. The monoisotopic (exact) mass is 431 g/mol. The molecule has 0 unspecified atom stereocenters. The quantitative estimate of drug-likeness (QED) is 0.539. The number of aromatic nitrogens is 1. The van der Waals surface area contributed by atoms with Crippen LogP contribution in [0.2, 0.25) is 0 Å². The molecular formula is C23H34FN5O2. The first-order chi connectivity index (χ1) is 14.8. The topological polar surface area (TPSA) is 74.9 Å². The van der Waals surface area contributed by atoms with Crippen LogP contribution in [0.15, 0.2) is 33.8 Å². The van der Waals surface area contributed by atoms with Gasteiger partial charge in [-0.25, -0.2) is 9.37 Å². The second kappa shape index (κ2) is 10.1. The van der Waals surface area contributed by atoms with E-state index in [2.05, 4.69) is 46.3 Å². The normalized spacial score (nSPS) is 16.4. The number of likely N-dealkylation sites (tertiary alicyclic amines) is 1. The Hall–Kier alpha value is -2.61.